The summed E-state index contributed by atoms with van der Waals surface area (Å²) < 4.78 is 2.67. The first kappa shape index (κ1) is 15.3. The van der Waals surface area contributed by atoms with Gasteiger partial charge >= 0.3 is 0 Å². The second-order valence-corrected chi connectivity index (χ2v) is 5.98. The number of rotatable bonds is 3. The molecule has 0 aliphatic rings. The molecule has 0 aliphatic carbocycles. The molecule has 0 saturated carbocycles. The van der Waals surface area contributed by atoms with Crippen molar-refractivity contribution in [2.24, 2.45) is 0 Å². The number of nitrogens with one attached hydrogen (secondary N) is 1. The highest BCUT2D eigenvalue weighted by Crippen LogP contribution is 2.26. The van der Waals surface area contributed by atoms with E-state index in [9.17, 15) is 4.79 Å². The Kier molecular flexibility index (Phi) is 4.67. The summed E-state index contributed by atoms with van der Waals surface area (Å²) in [5.41, 5.74) is 0.498. The van der Waals surface area contributed by atoms with Crippen LogP contribution >= 0.6 is 39.1 Å². The third-order valence-corrected chi connectivity index (χ3v) is 3.76. The molecule has 0 atom stereocenters. The van der Waals surface area contributed by atoms with E-state index in [1.165, 1.54) is 6.33 Å². The van der Waals surface area contributed by atoms with Crippen molar-refractivity contribution in [2.75, 3.05) is 5.32 Å². The summed E-state index contributed by atoms with van der Waals surface area (Å²) in [5, 5.41) is 2.84. The number of halogens is 3. The maximum absolute atomic E-state index is 12.3. The molecule has 8 heteroatoms. The Labute approximate surface area is 134 Å². The minimum atomic E-state index is -0.318. The molecule has 1 N–H and O–H groups in total. The van der Waals surface area contributed by atoms with Gasteiger partial charge in [-0.2, -0.15) is 0 Å². The van der Waals surface area contributed by atoms with Gasteiger partial charge in [0.2, 0.25) is 0 Å². The first-order chi connectivity index (χ1) is 9.40. The number of hydrogen-bond donors (Lipinski definition) is 1. The maximum Gasteiger partial charge on any atom is 0.273 e. The molecule has 0 fully saturated rings. The highest BCUT2D eigenvalue weighted by atomic mass is 79.9. The quantitative estimate of drug-likeness (QED) is 0.816. The minimum Gasteiger partial charge on any atom is -0.340 e. The molecule has 0 unspecified atom stereocenters. The van der Waals surface area contributed by atoms with E-state index in [-0.39, 0.29) is 27.9 Å². The number of nitrogens with zero attached hydrogens (tertiary/aromatic N) is 3. The van der Waals surface area contributed by atoms with E-state index in [2.05, 4.69) is 31.2 Å². The topological polar surface area (TPSA) is 59.8 Å². The van der Waals surface area contributed by atoms with Gasteiger partial charge in [-0.3, -0.25) is 4.79 Å². The predicted molar refractivity (Wildman–Crippen MR) is 82.5 cm³/mol. The van der Waals surface area contributed by atoms with E-state index in [0.717, 1.165) is 4.47 Å². The van der Waals surface area contributed by atoms with Crippen LogP contribution < -0.4 is 5.32 Å². The summed E-state index contributed by atoms with van der Waals surface area (Å²) in [4.78, 5) is 19.9. The summed E-state index contributed by atoms with van der Waals surface area (Å²) in [6.07, 6.45) is 3.08. The Morgan fingerprint density at radius 3 is 2.75 bits per heavy atom. The average molecular weight is 378 g/mol. The lowest BCUT2D eigenvalue weighted by molar-refractivity contribution is 0.101. The molecule has 1 amide bonds. The van der Waals surface area contributed by atoms with E-state index in [1.807, 2.05) is 24.6 Å². The van der Waals surface area contributed by atoms with E-state index in [1.54, 1.807) is 6.07 Å². The molecule has 2 aromatic rings. The first-order valence-corrected chi connectivity index (χ1v) is 7.29. The van der Waals surface area contributed by atoms with Gasteiger partial charge in [0.15, 0.2) is 11.0 Å². The fraction of sp³-hybridized carbons (Fsp3) is 0.250. The third-order valence-electron chi connectivity index (χ3n) is 2.58. The van der Waals surface area contributed by atoms with Gasteiger partial charge in [-0.05, 0) is 35.8 Å². The fourth-order valence-electron chi connectivity index (χ4n) is 1.66. The van der Waals surface area contributed by atoms with Gasteiger partial charge in [-0.25, -0.2) is 9.97 Å². The molecule has 20 heavy (non-hydrogen) atoms. The van der Waals surface area contributed by atoms with Crippen molar-refractivity contribution in [2.45, 2.75) is 19.9 Å². The van der Waals surface area contributed by atoms with E-state index < -0.39 is 0 Å². The predicted octanol–water partition coefficient (Wildman–Crippen LogP) is 4.18. The van der Waals surface area contributed by atoms with Gasteiger partial charge in [0, 0.05) is 16.7 Å². The SMILES string of the molecule is CC(C)n1cc(Br)cc1C(=O)Nc1ncnc(Cl)c1Cl. The number of hydrogen-bond acceptors (Lipinski definition) is 3. The van der Waals surface area contributed by atoms with E-state index in [0.29, 0.717) is 5.69 Å². The van der Waals surface area contributed by atoms with Crippen LogP contribution in [0.3, 0.4) is 0 Å². The molecule has 0 aromatic carbocycles. The lowest BCUT2D eigenvalue weighted by Gasteiger charge is -2.12. The molecule has 106 valence electrons. The highest BCUT2D eigenvalue weighted by Gasteiger charge is 2.17. The van der Waals surface area contributed by atoms with E-state index >= 15 is 0 Å². The Bertz CT molecular complexity index is 657. The largest absolute Gasteiger partial charge is 0.340 e. The van der Waals surface area contributed by atoms with Crippen LogP contribution in [0.25, 0.3) is 0 Å². The van der Waals surface area contributed by atoms with Gasteiger partial charge in [0.1, 0.15) is 17.0 Å². The molecular formula is C12H11BrCl2N4O. The second-order valence-electron chi connectivity index (χ2n) is 4.33. The third kappa shape index (κ3) is 3.13. The lowest BCUT2D eigenvalue weighted by atomic mass is 10.3. The van der Waals surface area contributed by atoms with Crippen molar-refractivity contribution >= 4 is 50.9 Å². The Hall–Kier alpha value is -1.11. The standard InChI is InChI=1S/C12H11BrCl2N4O/c1-6(2)19-4-7(13)3-8(19)12(20)18-11-9(14)10(15)16-5-17-11/h3-6H,1-2H3,(H,16,17,18,20). The van der Waals surface area contributed by atoms with Gasteiger partial charge in [0.05, 0.1) is 0 Å². The fourth-order valence-corrected chi connectivity index (χ4v) is 2.38. The molecule has 0 spiro atoms. The van der Waals surface area contributed by atoms with Crippen LogP contribution in [0.2, 0.25) is 10.2 Å². The van der Waals surface area contributed by atoms with Gasteiger partial charge < -0.3 is 9.88 Å². The average Bonchev–Trinajstić information content (AvgIpc) is 2.77. The second kappa shape index (κ2) is 6.11. The summed E-state index contributed by atoms with van der Waals surface area (Å²) in [7, 11) is 0. The molecule has 0 bridgehead atoms. The van der Waals surface area contributed by atoms with Crippen molar-refractivity contribution in [1.29, 1.82) is 0 Å². The van der Waals surface area contributed by atoms with Gasteiger partial charge in [-0.15, -0.1) is 0 Å². The van der Waals surface area contributed by atoms with Gasteiger partial charge in [-0.1, -0.05) is 23.2 Å². The number of carbonyl (C=O) groups excluding carboxylic acids is 1. The number of aromatic nitrogens is 3. The van der Waals surface area contributed by atoms with Crippen LogP contribution in [0.5, 0.6) is 0 Å². The summed E-state index contributed by atoms with van der Waals surface area (Å²) in [6, 6.07) is 1.87. The van der Waals surface area contributed by atoms with Crippen LogP contribution in [-0.4, -0.2) is 20.4 Å². The zero-order valence-electron chi connectivity index (χ0n) is 10.7. The molecule has 5 nitrogen and oxygen atoms in total. The zero-order chi connectivity index (χ0) is 14.9. The summed E-state index contributed by atoms with van der Waals surface area (Å²) in [5.74, 6) is -0.134. The zero-order valence-corrected chi connectivity index (χ0v) is 13.8. The van der Waals surface area contributed by atoms with Crippen molar-refractivity contribution in [3.8, 4) is 0 Å². The monoisotopic (exact) mass is 376 g/mol. The van der Waals surface area contributed by atoms with Crippen molar-refractivity contribution in [3.05, 3.63) is 38.9 Å². The lowest BCUT2D eigenvalue weighted by Crippen LogP contribution is -2.18. The van der Waals surface area contributed by atoms with Crippen LogP contribution in [0.4, 0.5) is 5.82 Å². The molecule has 2 rings (SSSR count). The summed E-state index contributed by atoms with van der Waals surface area (Å²) in [6.45, 7) is 3.97. The van der Waals surface area contributed by atoms with Crippen LogP contribution in [-0.2, 0) is 0 Å². The molecule has 2 heterocycles. The van der Waals surface area contributed by atoms with E-state index in [4.69, 9.17) is 23.2 Å². The van der Waals surface area contributed by atoms with Gasteiger partial charge in [0.25, 0.3) is 5.91 Å². The maximum atomic E-state index is 12.3. The molecule has 0 saturated heterocycles. The molecular weight excluding hydrogens is 367 g/mol. The number of anilines is 1. The number of amides is 1. The molecule has 0 aliphatic heterocycles. The Morgan fingerprint density at radius 2 is 2.10 bits per heavy atom. The summed E-state index contributed by atoms with van der Waals surface area (Å²) >= 11 is 15.1. The first-order valence-electron chi connectivity index (χ1n) is 5.75. The minimum absolute atomic E-state index is 0.0948. The Morgan fingerprint density at radius 1 is 1.40 bits per heavy atom. The molecule has 2 aromatic heterocycles. The van der Waals surface area contributed by atoms with Crippen molar-refractivity contribution in [1.82, 2.24) is 14.5 Å². The van der Waals surface area contributed by atoms with Crippen molar-refractivity contribution in [3.63, 3.8) is 0 Å². The number of carbonyl (C=O) groups is 1. The normalized spacial score (nSPS) is 10.9. The highest BCUT2D eigenvalue weighted by molar-refractivity contribution is 9.10. The molecule has 0 radical (unpaired) electrons. The van der Waals surface area contributed by atoms with Crippen molar-refractivity contribution < 1.29 is 4.79 Å². The van der Waals surface area contributed by atoms with Crippen LogP contribution in [0.1, 0.15) is 30.4 Å². The Balaban J connectivity index is 2.31. The van der Waals surface area contributed by atoms with Crippen LogP contribution in [0.15, 0.2) is 23.1 Å². The smallest absolute Gasteiger partial charge is 0.273 e. The van der Waals surface area contributed by atoms with Crippen LogP contribution in [0, 0.1) is 0 Å².